The third kappa shape index (κ3) is 5.77. The SMILES string of the molecule is CCCCC1=NC(Cc2ccc(C(=O)OC)cc2)C(=O)N1Cc1ccc(-c2ccccc2-c2nnn[nH]2)cc1. The Bertz CT molecular complexity index is 1460. The third-order valence-electron chi connectivity index (χ3n) is 6.86. The van der Waals surface area contributed by atoms with E-state index in [0.717, 1.165) is 52.9 Å². The van der Waals surface area contributed by atoms with E-state index in [1.54, 1.807) is 12.1 Å². The van der Waals surface area contributed by atoms with Gasteiger partial charge in [0.05, 0.1) is 19.2 Å². The number of unbranched alkanes of at least 4 members (excludes halogenated alkanes) is 1. The van der Waals surface area contributed by atoms with Gasteiger partial charge in [0.2, 0.25) is 0 Å². The van der Waals surface area contributed by atoms with E-state index >= 15 is 0 Å². The normalized spacial score (nSPS) is 14.9. The second-order valence-electron chi connectivity index (χ2n) is 9.47. The van der Waals surface area contributed by atoms with Gasteiger partial charge in [-0.3, -0.25) is 14.7 Å². The lowest BCUT2D eigenvalue weighted by molar-refractivity contribution is -0.127. The molecule has 1 aliphatic rings. The molecule has 0 saturated carbocycles. The highest BCUT2D eigenvalue weighted by molar-refractivity contribution is 6.06. The minimum atomic E-state index is -0.470. The molecule has 1 unspecified atom stereocenters. The van der Waals surface area contributed by atoms with Crippen molar-refractivity contribution >= 4 is 17.7 Å². The molecule has 1 atom stereocenters. The highest BCUT2D eigenvalue weighted by Gasteiger charge is 2.34. The maximum Gasteiger partial charge on any atom is 0.337 e. The molecule has 9 heteroatoms. The molecule has 3 aromatic carbocycles. The molecule has 0 aliphatic carbocycles. The first-order valence-electron chi connectivity index (χ1n) is 13.0. The van der Waals surface area contributed by atoms with Gasteiger partial charge in [-0.15, -0.1) is 5.10 Å². The van der Waals surface area contributed by atoms with Gasteiger partial charge < -0.3 is 4.74 Å². The maximum absolute atomic E-state index is 13.5. The lowest BCUT2D eigenvalue weighted by Gasteiger charge is -2.20. The Morgan fingerprint density at radius 3 is 2.36 bits per heavy atom. The van der Waals surface area contributed by atoms with Gasteiger partial charge >= 0.3 is 5.97 Å². The van der Waals surface area contributed by atoms with E-state index in [2.05, 4.69) is 39.7 Å². The van der Waals surface area contributed by atoms with E-state index in [-0.39, 0.29) is 11.9 Å². The number of aromatic nitrogens is 4. The summed E-state index contributed by atoms with van der Waals surface area (Å²) in [5.74, 6) is 1.07. The number of hydrogen-bond donors (Lipinski definition) is 1. The summed E-state index contributed by atoms with van der Waals surface area (Å²) >= 11 is 0. The number of H-pyrrole nitrogens is 1. The number of nitrogens with zero attached hydrogens (tertiary/aromatic N) is 5. The molecule has 1 aliphatic heterocycles. The molecule has 1 aromatic heterocycles. The fourth-order valence-electron chi connectivity index (χ4n) is 4.75. The molecule has 0 radical (unpaired) electrons. The highest BCUT2D eigenvalue weighted by atomic mass is 16.5. The smallest absolute Gasteiger partial charge is 0.337 e. The number of carbonyl (C=O) groups is 2. The molecule has 1 N–H and O–H groups in total. The van der Waals surface area contributed by atoms with Crippen LogP contribution >= 0.6 is 0 Å². The summed E-state index contributed by atoms with van der Waals surface area (Å²) in [6, 6.07) is 22.9. The number of aliphatic imine (C=N–C) groups is 1. The molecule has 0 fully saturated rings. The van der Waals surface area contributed by atoms with Crippen molar-refractivity contribution in [2.75, 3.05) is 7.11 Å². The Kier molecular flexibility index (Phi) is 7.86. The van der Waals surface area contributed by atoms with Gasteiger partial charge in [0, 0.05) is 18.4 Å². The number of ether oxygens (including phenoxy) is 1. The molecule has 2 heterocycles. The lowest BCUT2D eigenvalue weighted by atomic mass is 9.98. The van der Waals surface area contributed by atoms with Crippen LogP contribution < -0.4 is 0 Å². The second-order valence-corrected chi connectivity index (χ2v) is 9.47. The van der Waals surface area contributed by atoms with Crippen LogP contribution in [0.4, 0.5) is 0 Å². The van der Waals surface area contributed by atoms with Crippen molar-refractivity contribution in [3.63, 3.8) is 0 Å². The molecule has 0 bridgehead atoms. The van der Waals surface area contributed by atoms with Crippen LogP contribution in [0.3, 0.4) is 0 Å². The zero-order chi connectivity index (χ0) is 27.2. The molecule has 0 spiro atoms. The number of methoxy groups -OCH3 is 1. The summed E-state index contributed by atoms with van der Waals surface area (Å²) in [6.07, 6.45) is 3.24. The predicted octanol–water partition coefficient (Wildman–Crippen LogP) is 4.86. The summed E-state index contributed by atoms with van der Waals surface area (Å²) in [6.45, 7) is 2.60. The molecular weight excluding hydrogens is 492 g/mol. The van der Waals surface area contributed by atoms with Gasteiger partial charge in [-0.05, 0) is 51.2 Å². The Morgan fingerprint density at radius 1 is 0.974 bits per heavy atom. The van der Waals surface area contributed by atoms with Crippen LogP contribution in [0, 0.1) is 0 Å². The van der Waals surface area contributed by atoms with Crippen LogP contribution in [0.25, 0.3) is 22.5 Å². The van der Waals surface area contributed by atoms with Crippen molar-refractivity contribution in [1.29, 1.82) is 0 Å². The molecule has 9 nitrogen and oxygen atoms in total. The fourth-order valence-corrected chi connectivity index (χ4v) is 4.75. The minimum Gasteiger partial charge on any atom is -0.465 e. The average molecular weight is 523 g/mol. The van der Waals surface area contributed by atoms with E-state index in [4.69, 9.17) is 9.73 Å². The van der Waals surface area contributed by atoms with E-state index in [1.807, 2.05) is 53.4 Å². The summed E-state index contributed by atoms with van der Waals surface area (Å²) < 4.78 is 4.77. The number of amidine groups is 1. The van der Waals surface area contributed by atoms with Crippen LogP contribution in [0.15, 0.2) is 77.8 Å². The first kappa shape index (κ1) is 26.0. The molecular formula is C30H30N6O3. The maximum atomic E-state index is 13.5. The monoisotopic (exact) mass is 522 g/mol. The molecule has 198 valence electrons. The Balaban J connectivity index is 1.32. The van der Waals surface area contributed by atoms with Gasteiger partial charge in [-0.2, -0.15) is 0 Å². The Hall–Kier alpha value is -4.66. The van der Waals surface area contributed by atoms with Gasteiger partial charge in [0.1, 0.15) is 11.9 Å². The van der Waals surface area contributed by atoms with Crippen molar-refractivity contribution in [3.05, 3.63) is 89.5 Å². The standard InChI is InChI=1S/C30H30N6O3/c1-3-4-9-27-31-26(18-20-10-16-23(17-11-20)30(38)39-2)29(37)36(27)19-21-12-14-22(15-13-21)24-7-5-6-8-25(24)28-32-34-35-33-28/h5-8,10-17,26H,3-4,9,18-19H2,1-2H3,(H,32,33,34,35). The molecule has 1 amide bonds. The van der Waals surface area contributed by atoms with Gasteiger partial charge in [0.25, 0.3) is 5.91 Å². The van der Waals surface area contributed by atoms with Crippen molar-refractivity contribution < 1.29 is 14.3 Å². The van der Waals surface area contributed by atoms with Gasteiger partial charge in [-0.25, -0.2) is 9.89 Å². The largest absolute Gasteiger partial charge is 0.465 e. The van der Waals surface area contributed by atoms with Crippen LogP contribution in [-0.2, 0) is 22.5 Å². The van der Waals surface area contributed by atoms with Gasteiger partial charge in [-0.1, -0.05) is 74.0 Å². The summed E-state index contributed by atoms with van der Waals surface area (Å²) in [5.41, 5.74) is 5.43. The number of nitrogens with one attached hydrogen (secondary N) is 1. The predicted molar refractivity (Wildman–Crippen MR) is 148 cm³/mol. The zero-order valence-corrected chi connectivity index (χ0v) is 22.0. The van der Waals surface area contributed by atoms with Crippen molar-refractivity contribution in [3.8, 4) is 22.5 Å². The third-order valence-corrected chi connectivity index (χ3v) is 6.86. The number of aromatic amines is 1. The van der Waals surface area contributed by atoms with Crippen LogP contribution in [0.2, 0.25) is 0 Å². The molecule has 5 rings (SSSR count). The topological polar surface area (TPSA) is 113 Å². The number of esters is 1. The lowest BCUT2D eigenvalue weighted by Crippen LogP contribution is -2.35. The highest BCUT2D eigenvalue weighted by Crippen LogP contribution is 2.30. The summed E-state index contributed by atoms with van der Waals surface area (Å²) in [7, 11) is 1.36. The average Bonchev–Trinajstić information content (AvgIpc) is 3.61. The first-order valence-corrected chi connectivity index (χ1v) is 13.0. The summed E-state index contributed by atoms with van der Waals surface area (Å²) in [5, 5.41) is 14.3. The summed E-state index contributed by atoms with van der Waals surface area (Å²) in [4.78, 5) is 31.9. The van der Waals surface area contributed by atoms with E-state index < -0.39 is 6.04 Å². The van der Waals surface area contributed by atoms with Crippen LogP contribution in [-0.4, -0.2) is 56.4 Å². The second kappa shape index (κ2) is 11.8. The number of amides is 1. The fraction of sp³-hybridized carbons (Fsp3) is 0.267. The number of benzene rings is 3. The van der Waals surface area contributed by atoms with E-state index in [0.29, 0.717) is 24.4 Å². The van der Waals surface area contributed by atoms with Gasteiger partial charge in [0.15, 0.2) is 5.82 Å². The molecule has 4 aromatic rings. The number of tetrazole rings is 1. The number of hydrogen-bond acceptors (Lipinski definition) is 7. The zero-order valence-electron chi connectivity index (χ0n) is 22.0. The van der Waals surface area contributed by atoms with Crippen LogP contribution in [0.1, 0.15) is 47.7 Å². The van der Waals surface area contributed by atoms with Crippen molar-refractivity contribution in [2.45, 2.75) is 45.2 Å². The van der Waals surface area contributed by atoms with E-state index in [1.165, 1.54) is 7.11 Å². The first-order chi connectivity index (χ1) is 19.1. The Labute approximate surface area is 226 Å². The number of carbonyl (C=O) groups excluding carboxylic acids is 2. The molecule has 39 heavy (non-hydrogen) atoms. The molecule has 0 saturated heterocycles. The van der Waals surface area contributed by atoms with E-state index in [9.17, 15) is 9.59 Å². The number of rotatable bonds is 10. The minimum absolute atomic E-state index is 0.00499. The Morgan fingerprint density at radius 2 is 1.69 bits per heavy atom. The van der Waals surface area contributed by atoms with Crippen LogP contribution in [0.5, 0.6) is 0 Å². The van der Waals surface area contributed by atoms with Crippen molar-refractivity contribution in [1.82, 2.24) is 25.5 Å². The van der Waals surface area contributed by atoms with Crippen molar-refractivity contribution in [2.24, 2.45) is 4.99 Å². The quantitative estimate of drug-likeness (QED) is 0.298.